The molecule has 0 spiro atoms. The second-order valence-electron chi connectivity index (χ2n) is 4.17. The molecule has 1 atom stereocenters. The van der Waals surface area contributed by atoms with Gasteiger partial charge >= 0.3 is 0 Å². The number of likely N-dealkylation sites (tertiary alicyclic amines) is 1. The molecule has 1 saturated carbocycles. The van der Waals surface area contributed by atoms with Gasteiger partial charge in [-0.1, -0.05) is 28.8 Å². The Morgan fingerprint density at radius 1 is 1.00 bits per heavy atom. The summed E-state index contributed by atoms with van der Waals surface area (Å²) in [6.07, 6.45) is 8.62. The number of nitrogens with zero attached hydrogens (tertiary/aromatic N) is 1. The summed E-state index contributed by atoms with van der Waals surface area (Å²) < 4.78 is 0. The normalized spacial score (nSPS) is 34.2. The first-order chi connectivity index (χ1) is 5.86. The van der Waals surface area contributed by atoms with Crippen molar-refractivity contribution in [1.29, 1.82) is 0 Å². The molecule has 0 aromatic rings. The number of hydrogen-bond acceptors (Lipinski definition) is 1. The SMILES string of the molecule is BrC1CCCN(C2CCCC2)C1. The minimum Gasteiger partial charge on any atom is -0.299 e. The topological polar surface area (TPSA) is 3.24 Å². The lowest BCUT2D eigenvalue weighted by atomic mass is 10.1. The van der Waals surface area contributed by atoms with E-state index in [1.807, 2.05) is 0 Å². The van der Waals surface area contributed by atoms with E-state index in [0.29, 0.717) is 0 Å². The first kappa shape index (κ1) is 9.01. The van der Waals surface area contributed by atoms with Crippen LogP contribution in [0.5, 0.6) is 0 Å². The highest BCUT2D eigenvalue weighted by atomic mass is 79.9. The van der Waals surface area contributed by atoms with Crippen LogP contribution in [0.15, 0.2) is 0 Å². The Hall–Kier alpha value is 0.440. The predicted octanol–water partition coefficient (Wildman–Crippen LogP) is 2.79. The Bertz CT molecular complexity index is 143. The number of hydrogen-bond donors (Lipinski definition) is 0. The minimum atomic E-state index is 0.770. The maximum atomic E-state index is 3.73. The monoisotopic (exact) mass is 231 g/mol. The van der Waals surface area contributed by atoms with Gasteiger partial charge in [0, 0.05) is 17.4 Å². The van der Waals surface area contributed by atoms with Gasteiger partial charge in [-0.2, -0.15) is 0 Å². The summed E-state index contributed by atoms with van der Waals surface area (Å²) in [4.78, 5) is 3.47. The quantitative estimate of drug-likeness (QED) is 0.628. The Morgan fingerprint density at radius 3 is 2.42 bits per heavy atom. The van der Waals surface area contributed by atoms with E-state index in [4.69, 9.17) is 0 Å². The largest absolute Gasteiger partial charge is 0.299 e. The molecule has 0 radical (unpaired) electrons. The molecule has 0 N–H and O–H groups in total. The highest BCUT2D eigenvalue weighted by molar-refractivity contribution is 9.09. The predicted molar refractivity (Wildman–Crippen MR) is 55.8 cm³/mol. The van der Waals surface area contributed by atoms with Gasteiger partial charge in [0.1, 0.15) is 0 Å². The fourth-order valence-corrected chi connectivity index (χ4v) is 3.25. The Balaban J connectivity index is 1.85. The highest BCUT2D eigenvalue weighted by Gasteiger charge is 2.26. The van der Waals surface area contributed by atoms with E-state index in [9.17, 15) is 0 Å². The maximum absolute atomic E-state index is 3.73. The first-order valence-corrected chi connectivity index (χ1v) is 6.16. The van der Waals surface area contributed by atoms with Crippen LogP contribution in [0.1, 0.15) is 38.5 Å². The summed E-state index contributed by atoms with van der Waals surface area (Å²) in [6.45, 7) is 2.65. The van der Waals surface area contributed by atoms with Crippen LogP contribution in [0.2, 0.25) is 0 Å². The average molecular weight is 232 g/mol. The second-order valence-corrected chi connectivity index (χ2v) is 5.47. The van der Waals surface area contributed by atoms with Crippen molar-refractivity contribution < 1.29 is 0 Å². The molecular formula is C10H18BrN. The van der Waals surface area contributed by atoms with E-state index in [1.54, 1.807) is 0 Å². The van der Waals surface area contributed by atoms with E-state index in [0.717, 1.165) is 10.9 Å². The van der Waals surface area contributed by atoms with E-state index < -0.39 is 0 Å². The first-order valence-electron chi connectivity index (χ1n) is 5.24. The van der Waals surface area contributed by atoms with Gasteiger partial charge in [-0.3, -0.25) is 4.90 Å². The van der Waals surface area contributed by atoms with Gasteiger partial charge in [0.25, 0.3) is 0 Å². The third-order valence-electron chi connectivity index (χ3n) is 3.24. The smallest absolute Gasteiger partial charge is 0.0273 e. The Kier molecular flexibility index (Phi) is 3.08. The molecule has 0 amide bonds. The molecule has 1 aliphatic heterocycles. The summed E-state index contributed by atoms with van der Waals surface area (Å²) in [5.74, 6) is 0. The van der Waals surface area contributed by atoms with Crippen LogP contribution in [-0.4, -0.2) is 28.9 Å². The fraction of sp³-hybridized carbons (Fsp3) is 1.00. The highest BCUT2D eigenvalue weighted by Crippen LogP contribution is 2.27. The molecule has 0 aromatic heterocycles. The van der Waals surface area contributed by atoms with Gasteiger partial charge in [0.2, 0.25) is 0 Å². The lowest BCUT2D eigenvalue weighted by Crippen LogP contribution is -2.41. The van der Waals surface area contributed by atoms with Crippen LogP contribution >= 0.6 is 15.9 Å². The summed E-state index contributed by atoms with van der Waals surface area (Å²) in [7, 11) is 0. The van der Waals surface area contributed by atoms with Gasteiger partial charge in [0.15, 0.2) is 0 Å². The van der Waals surface area contributed by atoms with Gasteiger partial charge in [-0.25, -0.2) is 0 Å². The van der Waals surface area contributed by atoms with Gasteiger partial charge < -0.3 is 0 Å². The lowest BCUT2D eigenvalue weighted by Gasteiger charge is -2.34. The van der Waals surface area contributed by atoms with Crippen molar-refractivity contribution in [2.24, 2.45) is 0 Å². The average Bonchev–Trinajstić information content (AvgIpc) is 2.56. The van der Waals surface area contributed by atoms with Crippen molar-refractivity contribution >= 4 is 15.9 Å². The number of piperidine rings is 1. The van der Waals surface area contributed by atoms with Crippen LogP contribution in [0.25, 0.3) is 0 Å². The van der Waals surface area contributed by atoms with Crippen molar-refractivity contribution in [2.75, 3.05) is 13.1 Å². The van der Waals surface area contributed by atoms with Crippen LogP contribution in [0.4, 0.5) is 0 Å². The molecule has 1 nitrogen and oxygen atoms in total. The van der Waals surface area contributed by atoms with Crippen molar-refractivity contribution in [2.45, 2.75) is 49.4 Å². The molecule has 2 rings (SSSR count). The molecule has 2 heteroatoms. The molecular weight excluding hydrogens is 214 g/mol. The molecule has 2 fully saturated rings. The third-order valence-corrected chi connectivity index (χ3v) is 3.98. The Labute approximate surface area is 83.6 Å². The lowest BCUT2D eigenvalue weighted by molar-refractivity contribution is 0.171. The molecule has 1 saturated heterocycles. The van der Waals surface area contributed by atoms with Crippen LogP contribution in [0, 0.1) is 0 Å². The Morgan fingerprint density at radius 2 is 1.75 bits per heavy atom. The van der Waals surface area contributed by atoms with Crippen molar-refractivity contribution in [3.8, 4) is 0 Å². The van der Waals surface area contributed by atoms with Gasteiger partial charge in [0.05, 0.1) is 0 Å². The fourth-order valence-electron chi connectivity index (χ4n) is 2.55. The van der Waals surface area contributed by atoms with Crippen molar-refractivity contribution in [3.05, 3.63) is 0 Å². The maximum Gasteiger partial charge on any atom is 0.0273 e. The molecule has 1 aliphatic carbocycles. The van der Waals surface area contributed by atoms with Crippen LogP contribution < -0.4 is 0 Å². The van der Waals surface area contributed by atoms with E-state index >= 15 is 0 Å². The summed E-state index contributed by atoms with van der Waals surface area (Å²) in [6, 6.07) is 0.936. The van der Waals surface area contributed by atoms with Crippen molar-refractivity contribution in [3.63, 3.8) is 0 Å². The van der Waals surface area contributed by atoms with E-state index in [1.165, 1.54) is 51.6 Å². The summed E-state index contributed by atoms with van der Waals surface area (Å²) >= 11 is 3.73. The zero-order valence-electron chi connectivity index (χ0n) is 7.64. The zero-order chi connectivity index (χ0) is 8.39. The summed E-state index contributed by atoms with van der Waals surface area (Å²) in [5.41, 5.74) is 0. The molecule has 1 unspecified atom stereocenters. The molecule has 70 valence electrons. The van der Waals surface area contributed by atoms with E-state index in [-0.39, 0.29) is 0 Å². The number of halogens is 1. The molecule has 1 heterocycles. The number of rotatable bonds is 1. The summed E-state index contributed by atoms with van der Waals surface area (Å²) in [5, 5.41) is 0. The molecule has 0 bridgehead atoms. The second kappa shape index (κ2) is 4.10. The van der Waals surface area contributed by atoms with Gasteiger partial charge in [-0.05, 0) is 32.2 Å². The van der Waals surface area contributed by atoms with Crippen LogP contribution in [-0.2, 0) is 0 Å². The number of alkyl halides is 1. The minimum absolute atomic E-state index is 0.770. The standard InChI is InChI=1S/C10H18BrN/c11-9-4-3-7-12(8-9)10-5-1-2-6-10/h9-10H,1-8H2. The zero-order valence-corrected chi connectivity index (χ0v) is 9.22. The molecule has 12 heavy (non-hydrogen) atoms. The molecule has 2 aliphatic rings. The van der Waals surface area contributed by atoms with Crippen LogP contribution in [0.3, 0.4) is 0 Å². The third kappa shape index (κ3) is 2.02. The van der Waals surface area contributed by atoms with Crippen molar-refractivity contribution in [1.82, 2.24) is 4.90 Å². The van der Waals surface area contributed by atoms with Gasteiger partial charge in [-0.15, -0.1) is 0 Å². The van der Waals surface area contributed by atoms with E-state index in [2.05, 4.69) is 20.8 Å². The molecule has 0 aromatic carbocycles.